The average Bonchev–Trinajstić information content (AvgIpc) is 2.96. The van der Waals surface area contributed by atoms with Crippen molar-refractivity contribution in [1.29, 1.82) is 0 Å². The zero-order valence-electron chi connectivity index (χ0n) is 17.7. The van der Waals surface area contributed by atoms with Gasteiger partial charge in [-0.15, -0.1) is 0 Å². The van der Waals surface area contributed by atoms with Gasteiger partial charge in [-0.2, -0.15) is 0 Å². The van der Waals surface area contributed by atoms with Crippen molar-refractivity contribution < 1.29 is 9.53 Å². The number of nitrogens with one attached hydrogen (secondary N) is 2. The van der Waals surface area contributed by atoms with E-state index in [4.69, 9.17) is 16.3 Å². The molecule has 2 aliphatic heterocycles. The monoisotopic (exact) mass is 427 g/mol. The number of benzene rings is 2. The van der Waals surface area contributed by atoms with Gasteiger partial charge in [-0.05, 0) is 68.0 Å². The summed E-state index contributed by atoms with van der Waals surface area (Å²) in [5, 5.41) is 7.10. The number of hydrogen-bond donors (Lipinski definition) is 2. The van der Waals surface area contributed by atoms with Crippen molar-refractivity contribution >= 4 is 23.2 Å². The zero-order chi connectivity index (χ0) is 21.1. The van der Waals surface area contributed by atoms with Crippen molar-refractivity contribution in [3.8, 4) is 5.75 Å². The molecule has 1 unspecified atom stereocenters. The van der Waals surface area contributed by atoms with Crippen LogP contribution in [0.2, 0.25) is 5.02 Å². The Bertz CT molecular complexity index is 873. The molecule has 0 aliphatic carbocycles. The van der Waals surface area contributed by atoms with Crippen LogP contribution >= 0.6 is 11.6 Å². The van der Waals surface area contributed by atoms with Gasteiger partial charge in [0.2, 0.25) is 0 Å². The van der Waals surface area contributed by atoms with Crippen LogP contribution in [0.4, 0.5) is 5.69 Å². The van der Waals surface area contributed by atoms with Crippen LogP contribution in [0.3, 0.4) is 0 Å². The fourth-order valence-corrected chi connectivity index (χ4v) is 4.95. The first kappa shape index (κ1) is 21.0. The summed E-state index contributed by atoms with van der Waals surface area (Å²) in [5.41, 5.74) is 3.35. The molecule has 0 aromatic heterocycles. The minimum Gasteiger partial charge on any atom is -0.482 e. The van der Waals surface area contributed by atoms with Crippen LogP contribution in [0.5, 0.6) is 5.75 Å². The highest BCUT2D eigenvalue weighted by molar-refractivity contribution is 6.30. The van der Waals surface area contributed by atoms with Crippen LogP contribution in [0.25, 0.3) is 0 Å². The summed E-state index contributed by atoms with van der Waals surface area (Å²) in [4.78, 5) is 15.1. The smallest absolute Gasteiger partial charge is 0.258 e. The zero-order valence-corrected chi connectivity index (χ0v) is 18.4. The van der Waals surface area contributed by atoms with Gasteiger partial charge in [0.1, 0.15) is 5.75 Å². The highest BCUT2D eigenvalue weighted by Crippen LogP contribution is 2.37. The molecule has 30 heavy (non-hydrogen) atoms. The number of anilines is 1. The lowest BCUT2D eigenvalue weighted by Gasteiger charge is -2.39. The van der Waals surface area contributed by atoms with E-state index in [1.165, 1.54) is 18.4 Å². The van der Waals surface area contributed by atoms with Gasteiger partial charge >= 0.3 is 0 Å². The molecule has 4 rings (SSSR count). The van der Waals surface area contributed by atoms with Crippen LogP contribution in [0.1, 0.15) is 36.8 Å². The Morgan fingerprint density at radius 3 is 2.50 bits per heavy atom. The van der Waals surface area contributed by atoms with Crippen LogP contribution in [0.15, 0.2) is 42.5 Å². The number of carbonyl (C=O) groups is 1. The maximum Gasteiger partial charge on any atom is 0.258 e. The number of carbonyl (C=O) groups excluding carboxylic acids is 1. The average molecular weight is 428 g/mol. The van der Waals surface area contributed by atoms with Gasteiger partial charge in [0.15, 0.2) is 6.61 Å². The minimum atomic E-state index is -0.0480. The van der Waals surface area contributed by atoms with Gasteiger partial charge in [0.25, 0.3) is 5.91 Å². The summed E-state index contributed by atoms with van der Waals surface area (Å²) in [6.45, 7) is 3.03. The molecule has 2 heterocycles. The van der Waals surface area contributed by atoms with E-state index in [2.05, 4.69) is 27.7 Å². The Labute approximate surface area is 183 Å². The standard InChI is InChI=1S/C24H30ClN3O2/c1-16-3-10-23(22(11-16)26-2)30-15-24(29)27-19-12-20-8-9-21(13-19)28(20)14-17-4-6-18(25)7-5-17/h3-7,10-11,19-21,26H,8-9,12-15H2,1-2H3,(H,27,29)/t19?,20-,21+. The number of nitrogens with zero attached hydrogens (tertiary/aromatic N) is 1. The number of ether oxygens (including phenoxy) is 1. The normalized spacial score (nSPS) is 23.2. The number of rotatable bonds is 7. The number of aryl methyl sites for hydroxylation is 1. The lowest BCUT2D eigenvalue weighted by molar-refractivity contribution is -0.124. The number of fused-ring (bicyclic) bond motifs is 2. The van der Waals surface area contributed by atoms with Crippen molar-refractivity contribution in [3.63, 3.8) is 0 Å². The molecule has 2 bridgehead atoms. The quantitative estimate of drug-likeness (QED) is 0.688. The van der Waals surface area contributed by atoms with Gasteiger partial charge < -0.3 is 15.4 Å². The maximum atomic E-state index is 12.5. The molecule has 1 amide bonds. The molecule has 2 N–H and O–H groups in total. The second kappa shape index (κ2) is 9.27. The van der Waals surface area contributed by atoms with Crippen LogP contribution in [0, 0.1) is 6.92 Å². The third-order valence-corrected chi connectivity index (χ3v) is 6.54. The Morgan fingerprint density at radius 1 is 1.13 bits per heavy atom. The predicted octanol–water partition coefficient (Wildman–Crippen LogP) is 4.38. The summed E-state index contributed by atoms with van der Waals surface area (Å²) in [6.07, 6.45) is 4.41. The lowest BCUT2D eigenvalue weighted by atomic mass is 9.96. The molecule has 2 saturated heterocycles. The second-order valence-corrected chi connectivity index (χ2v) is 8.89. The van der Waals surface area contributed by atoms with E-state index in [9.17, 15) is 4.79 Å². The molecule has 6 heteroatoms. The number of halogens is 1. The number of piperidine rings is 1. The Hall–Kier alpha value is -2.24. The van der Waals surface area contributed by atoms with Crippen LogP contribution in [-0.4, -0.2) is 42.6 Å². The first-order valence-electron chi connectivity index (χ1n) is 10.7. The maximum absolute atomic E-state index is 12.5. The van der Waals surface area contributed by atoms with Gasteiger partial charge in [-0.25, -0.2) is 0 Å². The van der Waals surface area contributed by atoms with E-state index >= 15 is 0 Å². The van der Waals surface area contributed by atoms with Crippen molar-refractivity contribution in [2.45, 2.75) is 57.3 Å². The lowest BCUT2D eigenvalue weighted by Crippen LogP contribution is -2.50. The molecule has 0 saturated carbocycles. The SMILES string of the molecule is CNc1cc(C)ccc1OCC(=O)NC1C[C@H]2CC[C@@H](C1)N2Cc1ccc(Cl)cc1. The van der Waals surface area contributed by atoms with Crippen molar-refractivity contribution in [3.05, 3.63) is 58.6 Å². The molecular formula is C24H30ClN3O2. The Morgan fingerprint density at radius 2 is 1.83 bits per heavy atom. The summed E-state index contributed by atoms with van der Waals surface area (Å²) in [7, 11) is 1.86. The molecular weight excluding hydrogens is 398 g/mol. The summed E-state index contributed by atoms with van der Waals surface area (Å²) < 4.78 is 5.77. The third kappa shape index (κ3) is 4.90. The van der Waals surface area contributed by atoms with E-state index in [-0.39, 0.29) is 18.6 Å². The molecule has 160 valence electrons. The molecule has 2 aromatic rings. The highest BCUT2D eigenvalue weighted by atomic mass is 35.5. The van der Waals surface area contributed by atoms with E-state index in [0.717, 1.165) is 35.7 Å². The van der Waals surface area contributed by atoms with Crippen LogP contribution < -0.4 is 15.4 Å². The molecule has 2 aromatic carbocycles. The fourth-order valence-electron chi connectivity index (χ4n) is 4.83. The summed E-state index contributed by atoms with van der Waals surface area (Å²) >= 11 is 6.01. The Balaban J connectivity index is 1.28. The first-order valence-corrected chi connectivity index (χ1v) is 11.1. The van der Waals surface area contributed by atoms with Crippen molar-refractivity contribution in [2.75, 3.05) is 19.0 Å². The van der Waals surface area contributed by atoms with Crippen molar-refractivity contribution in [1.82, 2.24) is 10.2 Å². The third-order valence-electron chi connectivity index (χ3n) is 6.29. The van der Waals surface area contributed by atoms with Gasteiger partial charge in [0, 0.05) is 36.7 Å². The van der Waals surface area contributed by atoms with Crippen molar-refractivity contribution in [2.24, 2.45) is 0 Å². The largest absolute Gasteiger partial charge is 0.482 e. The number of hydrogen-bond acceptors (Lipinski definition) is 4. The summed E-state index contributed by atoms with van der Waals surface area (Å²) in [5.74, 6) is 0.657. The Kier molecular flexibility index (Phi) is 6.49. The molecule has 2 aliphatic rings. The predicted molar refractivity (Wildman–Crippen MR) is 121 cm³/mol. The summed E-state index contributed by atoms with van der Waals surface area (Å²) in [6, 6.07) is 15.3. The topological polar surface area (TPSA) is 53.6 Å². The van der Waals surface area contributed by atoms with E-state index in [0.29, 0.717) is 17.8 Å². The molecule has 5 nitrogen and oxygen atoms in total. The van der Waals surface area contributed by atoms with Gasteiger partial charge in [-0.3, -0.25) is 9.69 Å². The van der Waals surface area contributed by atoms with E-state index in [1.54, 1.807) is 0 Å². The molecule has 0 spiro atoms. The van der Waals surface area contributed by atoms with E-state index in [1.807, 2.05) is 44.3 Å². The van der Waals surface area contributed by atoms with Gasteiger partial charge in [0.05, 0.1) is 5.69 Å². The highest BCUT2D eigenvalue weighted by Gasteiger charge is 2.40. The minimum absolute atomic E-state index is 0.0397. The van der Waals surface area contributed by atoms with E-state index < -0.39 is 0 Å². The van der Waals surface area contributed by atoms with Crippen LogP contribution in [-0.2, 0) is 11.3 Å². The van der Waals surface area contributed by atoms with Gasteiger partial charge in [-0.1, -0.05) is 29.8 Å². The molecule has 3 atom stereocenters. The second-order valence-electron chi connectivity index (χ2n) is 8.46. The molecule has 2 fully saturated rings. The fraction of sp³-hybridized carbons (Fsp3) is 0.458. The first-order chi connectivity index (χ1) is 14.5. The number of amides is 1. The molecule has 0 radical (unpaired) electrons.